The minimum absolute atomic E-state index is 0.269. The molecule has 0 aromatic heterocycles. The van der Waals surface area contributed by atoms with Crippen molar-refractivity contribution < 1.29 is 4.39 Å². The van der Waals surface area contributed by atoms with Gasteiger partial charge in [0, 0.05) is 22.7 Å². The topological polar surface area (TPSA) is 38.0 Å². The molecule has 0 aliphatic carbocycles. The van der Waals surface area contributed by atoms with Crippen LogP contribution >= 0.6 is 11.6 Å². The Morgan fingerprint density at radius 3 is 3.06 bits per heavy atom. The third-order valence-corrected chi connectivity index (χ3v) is 3.29. The molecule has 2 atom stereocenters. The van der Waals surface area contributed by atoms with E-state index >= 15 is 0 Å². The molecule has 1 aliphatic heterocycles. The fraction of sp³-hybridized carbons (Fsp3) is 0.500. The first-order valence-electron chi connectivity index (χ1n) is 5.60. The van der Waals surface area contributed by atoms with Crippen LogP contribution in [-0.2, 0) is 0 Å². The average Bonchev–Trinajstić information content (AvgIpc) is 2.74. The lowest BCUT2D eigenvalue weighted by Gasteiger charge is -2.17. The van der Waals surface area contributed by atoms with Gasteiger partial charge in [-0.15, -0.1) is 0 Å². The molecular formula is C12H16ClFN2. The highest BCUT2D eigenvalue weighted by Crippen LogP contribution is 2.24. The van der Waals surface area contributed by atoms with E-state index in [1.54, 1.807) is 12.1 Å². The van der Waals surface area contributed by atoms with E-state index in [4.69, 9.17) is 17.3 Å². The van der Waals surface area contributed by atoms with Crippen LogP contribution in [0, 0.1) is 5.82 Å². The molecule has 16 heavy (non-hydrogen) atoms. The second kappa shape index (κ2) is 5.13. The Kier molecular flexibility index (Phi) is 3.79. The molecule has 0 saturated carbocycles. The summed E-state index contributed by atoms with van der Waals surface area (Å²) in [5, 5.41) is 3.89. The van der Waals surface area contributed by atoms with E-state index in [1.165, 1.54) is 12.5 Å². The van der Waals surface area contributed by atoms with E-state index in [-0.39, 0.29) is 11.9 Å². The smallest absolute Gasteiger partial charge is 0.128 e. The number of hydrogen-bond acceptors (Lipinski definition) is 2. The molecule has 0 spiro atoms. The normalized spacial score (nSPS) is 22.3. The van der Waals surface area contributed by atoms with Gasteiger partial charge in [0.25, 0.3) is 0 Å². The Morgan fingerprint density at radius 2 is 2.38 bits per heavy atom. The number of nitrogens with one attached hydrogen (secondary N) is 1. The van der Waals surface area contributed by atoms with Crippen LogP contribution < -0.4 is 11.1 Å². The fourth-order valence-electron chi connectivity index (χ4n) is 2.19. The van der Waals surface area contributed by atoms with Crippen molar-refractivity contribution in [2.45, 2.75) is 31.3 Å². The molecule has 2 rings (SSSR count). The highest BCUT2D eigenvalue weighted by atomic mass is 35.5. The van der Waals surface area contributed by atoms with E-state index < -0.39 is 0 Å². The summed E-state index contributed by atoms with van der Waals surface area (Å²) in [6.45, 7) is 1.04. The van der Waals surface area contributed by atoms with Gasteiger partial charge in [-0.05, 0) is 44.0 Å². The van der Waals surface area contributed by atoms with Gasteiger partial charge in [0.15, 0.2) is 0 Å². The molecule has 1 fully saturated rings. The van der Waals surface area contributed by atoms with Gasteiger partial charge in [-0.25, -0.2) is 4.39 Å². The Hall–Kier alpha value is -0.640. The molecule has 1 aromatic rings. The van der Waals surface area contributed by atoms with Crippen molar-refractivity contribution in [3.63, 3.8) is 0 Å². The van der Waals surface area contributed by atoms with Crippen molar-refractivity contribution in [2.24, 2.45) is 5.73 Å². The highest BCUT2D eigenvalue weighted by Gasteiger charge is 2.20. The molecule has 3 N–H and O–H groups in total. The number of hydrogen-bond donors (Lipinski definition) is 2. The molecule has 4 heteroatoms. The van der Waals surface area contributed by atoms with E-state index in [2.05, 4.69) is 5.32 Å². The fourth-order valence-corrected chi connectivity index (χ4v) is 2.37. The molecule has 0 amide bonds. The van der Waals surface area contributed by atoms with E-state index in [0.29, 0.717) is 16.6 Å². The Labute approximate surface area is 100.0 Å². The minimum Gasteiger partial charge on any atom is -0.324 e. The average molecular weight is 243 g/mol. The summed E-state index contributed by atoms with van der Waals surface area (Å²) in [5.74, 6) is -0.269. The second-order valence-corrected chi connectivity index (χ2v) is 4.74. The van der Waals surface area contributed by atoms with Crippen LogP contribution in [0.15, 0.2) is 18.2 Å². The van der Waals surface area contributed by atoms with Crippen LogP contribution in [0.1, 0.15) is 30.9 Å². The molecule has 0 radical (unpaired) electrons. The molecule has 2 nitrogen and oxygen atoms in total. The van der Waals surface area contributed by atoms with Crippen LogP contribution in [0.4, 0.5) is 4.39 Å². The summed E-state index contributed by atoms with van der Waals surface area (Å²) in [6.07, 6.45) is 3.06. The number of benzene rings is 1. The van der Waals surface area contributed by atoms with E-state index in [9.17, 15) is 4.39 Å². The molecule has 1 aliphatic rings. The molecule has 2 unspecified atom stereocenters. The van der Waals surface area contributed by atoms with Crippen LogP contribution in [0.3, 0.4) is 0 Å². The predicted molar refractivity (Wildman–Crippen MR) is 64.0 cm³/mol. The molecule has 1 saturated heterocycles. The lowest BCUT2D eigenvalue weighted by molar-refractivity contribution is 0.482. The first-order chi connectivity index (χ1) is 7.66. The van der Waals surface area contributed by atoms with Crippen molar-refractivity contribution in [3.8, 4) is 0 Å². The summed E-state index contributed by atoms with van der Waals surface area (Å²) in [7, 11) is 0. The zero-order valence-electron chi connectivity index (χ0n) is 9.05. The van der Waals surface area contributed by atoms with Gasteiger partial charge in [0.2, 0.25) is 0 Å². The van der Waals surface area contributed by atoms with Gasteiger partial charge in [-0.1, -0.05) is 11.6 Å². The zero-order valence-corrected chi connectivity index (χ0v) is 9.80. The minimum atomic E-state index is -0.283. The highest BCUT2D eigenvalue weighted by molar-refractivity contribution is 6.30. The summed E-state index contributed by atoms with van der Waals surface area (Å²) in [4.78, 5) is 0. The third kappa shape index (κ3) is 2.73. The van der Waals surface area contributed by atoms with Crippen molar-refractivity contribution in [2.75, 3.05) is 6.54 Å². The van der Waals surface area contributed by atoms with Gasteiger partial charge < -0.3 is 11.1 Å². The Bertz CT molecular complexity index is 364. The molecule has 0 bridgehead atoms. The van der Waals surface area contributed by atoms with Crippen LogP contribution in [0.25, 0.3) is 0 Å². The third-order valence-electron chi connectivity index (χ3n) is 3.06. The van der Waals surface area contributed by atoms with Crippen molar-refractivity contribution in [1.29, 1.82) is 0 Å². The quantitative estimate of drug-likeness (QED) is 0.855. The van der Waals surface area contributed by atoms with Gasteiger partial charge in [0.1, 0.15) is 5.82 Å². The van der Waals surface area contributed by atoms with Gasteiger partial charge >= 0.3 is 0 Å². The van der Waals surface area contributed by atoms with Crippen molar-refractivity contribution >= 4 is 11.6 Å². The standard InChI is InChI=1S/C12H16ClFN2/c13-8-3-4-11(14)10(6-8)12(15)7-9-2-1-5-16-9/h3-4,6,9,12,16H,1-2,5,7,15H2. The zero-order chi connectivity index (χ0) is 11.5. The monoisotopic (exact) mass is 242 g/mol. The largest absolute Gasteiger partial charge is 0.324 e. The van der Waals surface area contributed by atoms with Crippen molar-refractivity contribution in [3.05, 3.63) is 34.6 Å². The summed E-state index contributed by atoms with van der Waals surface area (Å²) in [5.41, 5.74) is 6.52. The number of nitrogens with two attached hydrogens (primary N) is 1. The van der Waals surface area contributed by atoms with Gasteiger partial charge in [-0.3, -0.25) is 0 Å². The maximum Gasteiger partial charge on any atom is 0.128 e. The van der Waals surface area contributed by atoms with Crippen LogP contribution in [-0.4, -0.2) is 12.6 Å². The summed E-state index contributed by atoms with van der Waals surface area (Å²) < 4.78 is 13.5. The maximum atomic E-state index is 13.5. The lowest BCUT2D eigenvalue weighted by atomic mass is 9.99. The van der Waals surface area contributed by atoms with Gasteiger partial charge in [-0.2, -0.15) is 0 Å². The first-order valence-corrected chi connectivity index (χ1v) is 5.98. The van der Waals surface area contributed by atoms with E-state index in [0.717, 1.165) is 19.4 Å². The second-order valence-electron chi connectivity index (χ2n) is 4.30. The number of rotatable bonds is 3. The Balaban J connectivity index is 2.07. The summed E-state index contributed by atoms with van der Waals surface area (Å²) >= 11 is 5.84. The lowest BCUT2D eigenvalue weighted by Crippen LogP contribution is -2.27. The predicted octanol–water partition coefficient (Wildman–Crippen LogP) is 2.62. The number of halogens is 2. The van der Waals surface area contributed by atoms with Crippen molar-refractivity contribution in [1.82, 2.24) is 5.32 Å². The van der Waals surface area contributed by atoms with Gasteiger partial charge in [0.05, 0.1) is 0 Å². The Morgan fingerprint density at radius 1 is 1.56 bits per heavy atom. The summed E-state index contributed by atoms with van der Waals surface area (Å²) in [6, 6.07) is 4.67. The molecule has 1 aromatic carbocycles. The SMILES string of the molecule is NC(CC1CCCN1)c1cc(Cl)ccc1F. The molecule has 88 valence electrons. The van der Waals surface area contributed by atoms with E-state index in [1.807, 2.05) is 0 Å². The van der Waals surface area contributed by atoms with Crippen LogP contribution in [0.2, 0.25) is 5.02 Å². The molecular weight excluding hydrogens is 227 g/mol. The first kappa shape index (κ1) is 11.8. The maximum absolute atomic E-state index is 13.5. The van der Waals surface area contributed by atoms with Crippen LogP contribution in [0.5, 0.6) is 0 Å². The molecule has 1 heterocycles.